The molecule has 126 valence electrons. The summed E-state index contributed by atoms with van der Waals surface area (Å²) in [7, 11) is 0. The molecule has 0 aliphatic carbocycles. The van der Waals surface area contributed by atoms with E-state index in [1.807, 2.05) is 12.1 Å². The van der Waals surface area contributed by atoms with Crippen LogP contribution in [0.1, 0.15) is 16.8 Å². The van der Waals surface area contributed by atoms with E-state index in [9.17, 15) is 15.4 Å². The number of H-pyrrole nitrogens is 2. The number of nitro benzene ring substituents is 1. The van der Waals surface area contributed by atoms with Crippen molar-refractivity contribution >= 4 is 23.2 Å². The van der Waals surface area contributed by atoms with Crippen LogP contribution >= 0.6 is 0 Å². The van der Waals surface area contributed by atoms with Gasteiger partial charge >= 0.3 is 0 Å². The maximum Gasteiger partial charge on any atom is 0.270 e. The number of nitrogens with zero attached hydrogens (tertiary/aromatic N) is 5. The number of nitrogens with two attached hydrogens (primary N) is 1. The highest BCUT2D eigenvalue weighted by Crippen LogP contribution is 2.28. The Bertz CT molecular complexity index is 1110. The van der Waals surface area contributed by atoms with Crippen LogP contribution in [0.5, 0.6) is 0 Å². The Morgan fingerprint density at radius 3 is 2.85 bits per heavy atom. The minimum Gasteiger partial charge on any atom is -0.381 e. The Morgan fingerprint density at radius 1 is 1.35 bits per heavy atom. The van der Waals surface area contributed by atoms with Crippen molar-refractivity contribution in [3.63, 3.8) is 0 Å². The normalized spacial score (nSPS) is 10.9. The first kappa shape index (κ1) is 16.4. The molecule has 1 aromatic carbocycles. The van der Waals surface area contributed by atoms with Crippen LogP contribution in [0, 0.1) is 32.8 Å². The van der Waals surface area contributed by atoms with E-state index >= 15 is 0 Å². The van der Waals surface area contributed by atoms with Crippen LogP contribution in [0.25, 0.3) is 22.9 Å². The molecule has 3 rings (SSSR count). The zero-order chi connectivity index (χ0) is 18.7. The van der Waals surface area contributed by atoms with Gasteiger partial charge in [-0.25, -0.2) is 0 Å². The van der Waals surface area contributed by atoms with Gasteiger partial charge in [0, 0.05) is 23.3 Å². The molecule has 10 nitrogen and oxygen atoms in total. The molecule has 0 aliphatic rings. The number of non-ortho nitro benzene ring substituents is 1. The number of hydrogen-bond donors (Lipinski definition) is 3. The second kappa shape index (κ2) is 6.59. The first-order valence-corrected chi connectivity index (χ1v) is 7.19. The van der Waals surface area contributed by atoms with Crippen LogP contribution in [0.15, 0.2) is 30.5 Å². The second-order valence-corrected chi connectivity index (χ2v) is 5.15. The molecule has 0 amide bonds. The van der Waals surface area contributed by atoms with Crippen LogP contribution in [0.3, 0.4) is 0 Å². The summed E-state index contributed by atoms with van der Waals surface area (Å²) in [5, 5.41) is 42.6. The first-order chi connectivity index (χ1) is 12.5. The average molecular weight is 346 g/mol. The lowest BCUT2D eigenvalue weighted by Gasteiger charge is -2.01. The summed E-state index contributed by atoms with van der Waals surface area (Å²) in [6.07, 6.45) is 2.96. The highest BCUT2D eigenvalue weighted by Gasteiger charge is 2.16. The fourth-order valence-corrected chi connectivity index (χ4v) is 2.39. The number of aromatic amines is 2. The van der Waals surface area contributed by atoms with Gasteiger partial charge in [-0.15, -0.1) is 0 Å². The molecule has 0 fully saturated rings. The van der Waals surface area contributed by atoms with Crippen molar-refractivity contribution < 1.29 is 4.92 Å². The van der Waals surface area contributed by atoms with E-state index in [1.54, 1.807) is 12.1 Å². The molecule has 0 atom stereocenters. The Balaban J connectivity index is 2.09. The van der Waals surface area contributed by atoms with Crippen molar-refractivity contribution in [3.05, 3.63) is 57.4 Å². The maximum absolute atomic E-state index is 11.0. The largest absolute Gasteiger partial charge is 0.381 e. The quantitative estimate of drug-likeness (QED) is 0.368. The molecule has 3 aromatic rings. The van der Waals surface area contributed by atoms with Crippen LogP contribution in [0.2, 0.25) is 0 Å². The number of anilines is 1. The molecule has 26 heavy (non-hydrogen) atoms. The number of nitro groups is 1. The lowest BCUT2D eigenvalue weighted by Crippen LogP contribution is -1.91. The molecule has 0 aliphatic heterocycles. The molecule has 4 N–H and O–H groups in total. The summed E-state index contributed by atoms with van der Waals surface area (Å²) in [6.45, 7) is 0. The first-order valence-electron chi connectivity index (χ1n) is 7.19. The van der Waals surface area contributed by atoms with E-state index in [-0.39, 0.29) is 28.3 Å². The number of allylic oxidation sites excluding steroid dienone is 1. The highest BCUT2D eigenvalue weighted by molar-refractivity contribution is 5.93. The third-order valence-corrected chi connectivity index (χ3v) is 3.61. The van der Waals surface area contributed by atoms with Crippen molar-refractivity contribution in [2.24, 2.45) is 0 Å². The van der Waals surface area contributed by atoms with E-state index in [2.05, 4.69) is 20.4 Å². The highest BCUT2D eigenvalue weighted by atomic mass is 16.6. The van der Waals surface area contributed by atoms with Crippen LogP contribution in [-0.4, -0.2) is 25.3 Å². The predicted octanol–water partition coefficient (Wildman–Crippen LogP) is 2.23. The van der Waals surface area contributed by atoms with Gasteiger partial charge in [0.2, 0.25) is 0 Å². The minimum atomic E-state index is -0.497. The number of nitrogen functional groups attached to an aromatic ring is 1. The molecule has 0 radical (unpaired) electrons. The fourth-order valence-electron chi connectivity index (χ4n) is 2.39. The summed E-state index contributed by atoms with van der Waals surface area (Å²) in [4.78, 5) is 10.5. The van der Waals surface area contributed by atoms with E-state index in [0.717, 1.165) is 0 Å². The topological polar surface area (TPSA) is 174 Å². The Labute approximate surface area is 146 Å². The fraction of sp³-hybridized carbons (Fsp3) is 0. The van der Waals surface area contributed by atoms with E-state index in [0.29, 0.717) is 16.8 Å². The maximum atomic E-state index is 11.0. The molecule has 0 saturated carbocycles. The van der Waals surface area contributed by atoms with Gasteiger partial charge in [-0.3, -0.25) is 20.3 Å². The van der Waals surface area contributed by atoms with Crippen molar-refractivity contribution in [2.75, 3.05) is 5.73 Å². The van der Waals surface area contributed by atoms with E-state index in [1.165, 1.54) is 24.4 Å². The van der Waals surface area contributed by atoms with Gasteiger partial charge in [0.25, 0.3) is 5.69 Å². The average Bonchev–Trinajstić information content (AvgIpc) is 3.25. The molecule has 2 heterocycles. The van der Waals surface area contributed by atoms with Crippen molar-refractivity contribution in [1.82, 2.24) is 20.4 Å². The molecule has 0 spiro atoms. The zero-order valence-corrected chi connectivity index (χ0v) is 13.1. The monoisotopic (exact) mass is 346 g/mol. The Hall–Kier alpha value is -4.44. The van der Waals surface area contributed by atoms with Gasteiger partial charge in [-0.05, 0) is 6.08 Å². The third kappa shape index (κ3) is 2.86. The second-order valence-electron chi connectivity index (χ2n) is 5.15. The number of benzene rings is 1. The molecular formula is C16H10N8O2. The van der Waals surface area contributed by atoms with Gasteiger partial charge in [-0.2, -0.15) is 20.7 Å². The lowest BCUT2D eigenvalue weighted by atomic mass is 10.0. The summed E-state index contributed by atoms with van der Waals surface area (Å²) in [5.74, 6) is -0.00486. The van der Waals surface area contributed by atoms with Gasteiger partial charge in [0.15, 0.2) is 5.82 Å². The molecule has 2 aromatic heterocycles. The molecule has 0 bridgehead atoms. The SMILES string of the molecule is N#CC(=Cc1cn[nH]c1-c1cccc([N+](=O)[O-])c1)c1[nH]nc(N)c1C#N. The van der Waals surface area contributed by atoms with E-state index in [4.69, 9.17) is 11.0 Å². The molecule has 0 unspecified atom stereocenters. The summed E-state index contributed by atoms with van der Waals surface area (Å²) in [6, 6.07) is 9.89. The van der Waals surface area contributed by atoms with Gasteiger partial charge in [0.1, 0.15) is 17.7 Å². The van der Waals surface area contributed by atoms with Gasteiger partial charge in [0.05, 0.1) is 28.1 Å². The number of aromatic nitrogens is 4. The van der Waals surface area contributed by atoms with Gasteiger partial charge in [-0.1, -0.05) is 12.1 Å². The Kier molecular flexibility index (Phi) is 4.16. The smallest absolute Gasteiger partial charge is 0.270 e. The van der Waals surface area contributed by atoms with Crippen LogP contribution in [-0.2, 0) is 0 Å². The summed E-state index contributed by atoms with van der Waals surface area (Å²) in [5.41, 5.74) is 7.45. The molecule has 10 heteroatoms. The summed E-state index contributed by atoms with van der Waals surface area (Å²) >= 11 is 0. The lowest BCUT2D eigenvalue weighted by molar-refractivity contribution is -0.384. The standard InChI is InChI=1S/C16H10N8O2/c17-6-10(15-13(7-18)16(19)23-22-15)4-11-8-20-21-14(11)9-2-1-3-12(5-9)24(25)26/h1-5,8H,(H,20,21)(H3,19,22,23). The summed E-state index contributed by atoms with van der Waals surface area (Å²) < 4.78 is 0. The van der Waals surface area contributed by atoms with Crippen LogP contribution in [0.4, 0.5) is 11.5 Å². The van der Waals surface area contributed by atoms with Crippen molar-refractivity contribution in [3.8, 4) is 23.4 Å². The van der Waals surface area contributed by atoms with Crippen LogP contribution < -0.4 is 5.73 Å². The number of nitrogens with one attached hydrogen (secondary N) is 2. The van der Waals surface area contributed by atoms with Gasteiger partial charge < -0.3 is 5.73 Å². The third-order valence-electron chi connectivity index (χ3n) is 3.61. The minimum absolute atomic E-state index is 0.00486. The molecular weight excluding hydrogens is 336 g/mol. The number of rotatable bonds is 4. The predicted molar refractivity (Wildman–Crippen MR) is 91.9 cm³/mol. The zero-order valence-electron chi connectivity index (χ0n) is 13.1. The number of nitriles is 2. The Morgan fingerprint density at radius 2 is 2.15 bits per heavy atom. The van der Waals surface area contributed by atoms with Crippen molar-refractivity contribution in [1.29, 1.82) is 10.5 Å². The number of hydrogen-bond acceptors (Lipinski definition) is 7. The molecule has 0 saturated heterocycles. The van der Waals surface area contributed by atoms with E-state index < -0.39 is 4.92 Å². The van der Waals surface area contributed by atoms with Crippen molar-refractivity contribution in [2.45, 2.75) is 0 Å².